The van der Waals surface area contributed by atoms with Gasteiger partial charge in [0, 0.05) is 26.2 Å². The number of fused-ring (bicyclic) bond motifs is 1. The molecule has 0 aromatic heterocycles. The van der Waals surface area contributed by atoms with E-state index in [1.807, 2.05) is 36.0 Å². The first-order chi connectivity index (χ1) is 12.9. The first-order valence-electron chi connectivity index (χ1n) is 9.37. The molecule has 27 heavy (non-hydrogen) atoms. The summed E-state index contributed by atoms with van der Waals surface area (Å²) in [6, 6.07) is 3.92. The molecule has 1 aliphatic heterocycles. The van der Waals surface area contributed by atoms with Gasteiger partial charge in [-0.15, -0.1) is 0 Å². The molecule has 1 heterocycles. The summed E-state index contributed by atoms with van der Waals surface area (Å²) in [7, 11) is 7.14. The molecule has 3 rings (SSSR count). The van der Waals surface area contributed by atoms with Gasteiger partial charge < -0.3 is 24.6 Å². The normalized spacial score (nSPS) is 17.3. The second-order valence-corrected chi connectivity index (χ2v) is 7.59. The molecule has 1 saturated carbocycles. The van der Waals surface area contributed by atoms with Crippen molar-refractivity contribution in [3.8, 4) is 11.5 Å². The maximum atomic E-state index is 13.1. The summed E-state index contributed by atoms with van der Waals surface area (Å²) < 4.78 is 10.7. The first kappa shape index (κ1) is 19.5. The van der Waals surface area contributed by atoms with Crippen LogP contribution in [0.2, 0.25) is 0 Å². The zero-order chi connectivity index (χ0) is 19.6. The van der Waals surface area contributed by atoms with E-state index >= 15 is 0 Å². The number of rotatable bonds is 7. The van der Waals surface area contributed by atoms with E-state index in [9.17, 15) is 9.59 Å². The van der Waals surface area contributed by atoms with Crippen LogP contribution in [0.4, 0.5) is 0 Å². The van der Waals surface area contributed by atoms with Crippen molar-refractivity contribution in [3.63, 3.8) is 0 Å². The highest BCUT2D eigenvalue weighted by atomic mass is 16.5. The molecule has 2 amide bonds. The molecule has 0 unspecified atom stereocenters. The fourth-order valence-corrected chi connectivity index (χ4v) is 3.58. The predicted octanol–water partition coefficient (Wildman–Crippen LogP) is 1.05. The second kappa shape index (κ2) is 7.76. The first-order valence-corrected chi connectivity index (χ1v) is 9.37. The standard InChI is InChI=1S/C20H29N3O4/c1-22(2)10-8-21-18(24)20(6-7-20)19(25)23-9-5-14-11-16(26-3)17(27-4)12-15(14)13-23/h11-12H,5-10,13H2,1-4H3,(H,21,24). The Kier molecular flexibility index (Phi) is 5.60. The third-order valence-corrected chi connectivity index (χ3v) is 5.44. The highest BCUT2D eigenvalue weighted by molar-refractivity contribution is 6.07. The average Bonchev–Trinajstić information content (AvgIpc) is 3.47. The molecule has 148 valence electrons. The Labute approximate surface area is 160 Å². The minimum absolute atomic E-state index is 0.0507. The molecule has 7 heteroatoms. The van der Waals surface area contributed by atoms with Crippen LogP contribution >= 0.6 is 0 Å². The quantitative estimate of drug-likeness (QED) is 0.722. The summed E-state index contributed by atoms with van der Waals surface area (Å²) in [5.74, 6) is 1.18. The Morgan fingerprint density at radius 1 is 1.15 bits per heavy atom. The molecular formula is C20H29N3O4. The van der Waals surface area contributed by atoms with Crippen LogP contribution in [-0.4, -0.2) is 69.6 Å². The van der Waals surface area contributed by atoms with Gasteiger partial charge in [0.15, 0.2) is 11.5 Å². The minimum Gasteiger partial charge on any atom is -0.493 e. The average molecular weight is 375 g/mol. The second-order valence-electron chi connectivity index (χ2n) is 7.59. The summed E-state index contributed by atoms with van der Waals surface area (Å²) in [4.78, 5) is 29.5. The van der Waals surface area contributed by atoms with Gasteiger partial charge >= 0.3 is 0 Å². The highest BCUT2D eigenvalue weighted by Gasteiger charge is 2.58. The topological polar surface area (TPSA) is 71.1 Å². The molecule has 1 aromatic rings. The molecular weight excluding hydrogens is 346 g/mol. The lowest BCUT2D eigenvalue weighted by Crippen LogP contribution is -2.47. The van der Waals surface area contributed by atoms with Gasteiger partial charge in [-0.2, -0.15) is 0 Å². The van der Waals surface area contributed by atoms with Crippen LogP contribution in [0.1, 0.15) is 24.0 Å². The lowest BCUT2D eigenvalue weighted by Gasteiger charge is -2.32. The Bertz CT molecular complexity index is 728. The third-order valence-electron chi connectivity index (χ3n) is 5.44. The number of nitrogens with zero attached hydrogens (tertiary/aromatic N) is 2. The number of hydrogen-bond donors (Lipinski definition) is 1. The Hall–Kier alpha value is -2.28. The fraction of sp³-hybridized carbons (Fsp3) is 0.600. The van der Waals surface area contributed by atoms with Gasteiger partial charge in [-0.25, -0.2) is 0 Å². The van der Waals surface area contributed by atoms with Gasteiger partial charge in [0.25, 0.3) is 0 Å². The predicted molar refractivity (Wildman–Crippen MR) is 102 cm³/mol. The number of carbonyl (C=O) groups is 2. The van der Waals surface area contributed by atoms with E-state index in [0.29, 0.717) is 44.0 Å². The third kappa shape index (κ3) is 3.88. The van der Waals surface area contributed by atoms with Crippen molar-refractivity contribution < 1.29 is 19.1 Å². The van der Waals surface area contributed by atoms with Crippen LogP contribution in [-0.2, 0) is 22.6 Å². The van der Waals surface area contributed by atoms with Gasteiger partial charge in [0.1, 0.15) is 5.41 Å². The van der Waals surface area contributed by atoms with E-state index in [4.69, 9.17) is 9.47 Å². The Balaban J connectivity index is 1.69. The van der Waals surface area contributed by atoms with E-state index in [1.165, 1.54) is 0 Å². The number of ether oxygens (including phenoxy) is 2. The molecule has 1 N–H and O–H groups in total. The van der Waals surface area contributed by atoms with Crippen LogP contribution in [0, 0.1) is 5.41 Å². The lowest BCUT2D eigenvalue weighted by molar-refractivity contribution is -0.145. The molecule has 1 aromatic carbocycles. The van der Waals surface area contributed by atoms with Crippen LogP contribution in [0.5, 0.6) is 11.5 Å². The summed E-state index contributed by atoms with van der Waals surface area (Å²) in [6.45, 7) is 2.44. The van der Waals surface area contributed by atoms with Crippen molar-refractivity contribution in [2.75, 3.05) is 47.9 Å². The number of nitrogens with one attached hydrogen (secondary N) is 1. The number of carbonyl (C=O) groups excluding carboxylic acids is 2. The largest absolute Gasteiger partial charge is 0.493 e. The Morgan fingerprint density at radius 3 is 2.33 bits per heavy atom. The van der Waals surface area contributed by atoms with Crippen LogP contribution in [0.3, 0.4) is 0 Å². The molecule has 1 fully saturated rings. The molecule has 7 nitrogen and oxygen atoms in total. The van der Waals surface area contributed by atoms with E-state index in [1.54, 1.807) is 14.2 Å². The van der Waals surface area contributed by atoms with E-state index < -0.39 is 5.41 Å². The molecule has 0 spiro atoms. The number of likely N-dealkylation sites (N-methyl/N-ethyl adjacent to an activating group) is 1. The van der Waals surface area contributed by atoms with Crippen molar-refractivity contribution in [1.29, 1.82) is 0 Å². The van der Waals surface area contributed by atoms with Gasteiger partial charge in [0.05, 0.1) is 14.2 Å². The van der Waals surface area contributed by atoms with Crippen molar-refractivity contribution in [3.05, 3.63) is 23.3 Å². The van der Waals surface area contributed by atoms with Crippen LogP contribution < -0.4 is 14.8 Å². The monoisotopic (exact) mass is 375 g/mol. The van der Waals surface area contributed by atoms with E-state index in [2.05, 4.69) is 5.32 Å². The van der Waals surface area contributed by atoms with Crippen molar-refractivity contribution in [2.45, 2.75) is 25.8 Å². The van der Waals surface area contributed by atoms with Crippen molar-refractivity contribution >= 4 is 11.8 Å². The summed E-state index contributed by atoms with van der Waals surface area (Å²) in [6.07, 6.45) is 2.02. The number of amides is 2. The SMILES string of the molecule is COc1cc2c(cc1OC)CN(C(=O)C1(C(=O)NCCN(C)C)CC1)CC2. The molecule has 0 atom stereocenters. The van der Waals surface area contributed by atoms with E-state index in [-0.39, 0.29) is 11.8 Å². The van der Waals surface area contributed by atoms with Gasteiger partial charge in [-0.3, -0.25) is 9.59 Å². The number of methoxy groups -OCH3 is 2. The molecule has 0 bridgehead atoms. The van der Waals surface area contributed by atoms with E-state index in [0.717, 1.165) is 24.1 Å². The van der Waals surface area contributed by atoms with Crippen molar-refractivity contribution in [2.24, 2.45) is 5.41 Å². The van der Waals surface area contributed by atoms with Crippen LogP contribution in [0.25, 0.3) is 0 Å². The smallest absolute Gasteiger partial charge is 0.238 e. The summed E-state index contributed by atoms with van der Waals surface area (Å²) >= 11 is 0. The summed E-state index contributed by atoms with van der Waals surface area (Å²) in [5.41, 5.74) is 1.36. The van der Waals surface area contributed by atoms with Gasteiger partial charge in [-0.05, 0) is 56.6 Å². The molecule has 1 aliphatic carbocycles. The molecule has 0 saturated heterocycles. The lowest BCUT2D eigenvalue weighted by atomic mass is 9.96. The zero-order valence-corrected chi connectivity index (χ0v) is 16.6. The van der Waals surface area contributed by atoms with Crippen LogP contribution in [0.15, 0.2) is 12.1 Å². The minimum atomic E-state index is -0.861. The number of benzene rings is 1. The number of hydrogen-bond acceptors (Lipinski definition) is 5. The Morgan fingerprint density at radius 2 is 1.78 bits per heavy atom. The zero-order valence-electron chi connectivity index (χ0n) is 16.6. The van der Waals surface area contributed by atoms with Gasteiger partial charge in [-0.1, -0.05) is 0 Å². The van der Waals surface area contributed by atoms with Crippen molar-refractivity contribution in [1.82, 2.24) is 15.1 Å². The fourth-order valence-electron chi connectivity index (χ4n) is 3.58. The summed E-state index contributed by atoms with van der Waals surface area (Å²) in [5, 5.41) is 2.92. The maximum absolute atomic E-state index is 13.1. The maximum Gasteiger partial charge on any atom is 0.238 e. The van der Waals surface area contributed by atoms with Gasteiger partial charge in [0.2, 0.25) is 11.8 Å². The molecule has 0 radical (unpaired) electrons. The highest BCUT2D eigenvalue weighted by Crippen LogP contribution is 2.48. The molecule has 2 aliphatic rings.